The summed E-state index contributed by atoms with van der Waals surface area (Å²) in [7, 11) is 1.65. The third kappa shape index (κ3) is 2.03. The molecular weight excluding hydrogens is 236 g/mol. The van der Waals surface area contributed by atoms with Crippen LogP contribution in [-0.4, -0.2) is 12.6 Å². The number of halogens is 1. The molecule has 94 valence electrons. The van der Waals surface area contributed by atoms with Crippen molar-refractivity contribution in [3.05, 3.63) is 27.8 Å². The molecule has 0 spiro atoms. The van der Waals surface area contributed by atoms with E-state index in [-0.39, 0.29) is 11.6 Å². The van der Waals surface area contributed by atoms with Crippen LogP contribution in [0.15, 0.2) is 6.07 Å². The largest absolute Gasteiger partial charge is 0.496 e. The first-order valence-electron chi connectivity index (χ1n) is 5.79. The maximum Gasteiger partial charge on any atom is 0.124 e. The third-order valence-electron chi connectivity index (χ3n) is 3.67. The maximum atomic E-state index is 6.27. The Morgan fingerprint density at radius 3 is 2.47 bits per heavy atom. The predicted molar refractivity (Wildman–Crippen MR) is 70.6 cm³/mol. The zero-order valence-corrected chi connectivity index (χ0v) is 11.3. The van der Waals surface area contributed by atoms with Crippen LogP contribution in [0.5, 0.6) is 5.75 Å². The summed E-state index contributed by atoms with van der Waals surface area (Å²) in [6.07, 6.45) is 1.92. The molecule has 1 aromatic carbocycles. The fourth-order valence-corrected chi connectivity index (χ4v) is 2.39. The van der Waals surface area contributed by atoms with Crippen LogP contribution in [0.3, 0.4) is 0 Å². The van der Waals surface area contributed by atoms with E-state index in [9.17, 15) is 0 Å². The van der Waals surface area contributed by atoms with E-state index in [4.69, 9.17) is 27.8 Å². The molecule has 1 fully saturated rings. The number of methoxy groups -OCH3 is 1. The molecule has 0 radical (unpaired) electrons. The van der Waals surface area contributed by atoms with Gasteiger partial charge in [0.15, 0.2) is 0 Å². The fourth-order valence-electron chi connectivity index (χ4n) is 2.23. The van der Waals surface area contributed by atoms with E-state index in [1.54, 1.807) is 7.11 Å². The van der Waals surface area contributed by atoms with Gasteiger partial charge in [0.1, 0.15) is 5.75 Å². The first-order chi connectivity index (χ1) is 7.90. The van der Waals surface area contributed by atoms with Crippen molar-refractivity contribution in [1.82, 2.24) is 0 Å². The van der Waals surface area contributed by atoms with Crippen molar-refractivity contribution in [3.8, 4) is 5.75 Å². The summed E-state index contributed by atoms with van der Waals surface area (Å²) in [6.45, 7) is 3.93. The summed E-state index contributed by atoms with van der Waals surface area (Å²) < 4.78 is 5.41. The quantitative estimate of drug-likeness (QED) is 0.871. The smallest absolute Gasteiger partial charge is 0.124 e. The highest BCUT2D eigenvalue weighted by atomic mass is 35.5. The lowest BCUT2D eigenvalue weighted by Gasteiger charge is -2.24. The van der Waals surface area contributed by atoms with Gasteiger partial charge in [-0.05, 0) is 43.9 Å². The second kappa shape index (κ2) is 4.16. The number of rotatable bonds is 3. The van der Waals surface area contributed by atoms with Gasteiger partial charge in [-0.1, -0.05) is 11.6 Å². The Hall–Kier alpha value is -0.770. The highest BCUT2D eigenvalue weighted by molar-refractivity contribution is 6.32. The van der Waals surface area contributed by atoms with Crippen molar-refractivity contribution in [2.45, 2.75) is 38.3 Å². The van der Waals surface area contributed by atoms with Gasteiger partial charge in [0, 0.05) is 16.1 Å². The van der Waals surface area contributed by atoms with Crippen molar-refractivity contribution in [2.75, 3.05) is 7.11 Å². The molecule has 0 saturated heterocycles. The lowest BCUT2D eigenvalue weighted by Crippen LogP contribution is -2.37. The molecule has 0 aliphatic heterocycles. The van der Waals surface area contributed by atoms with E-state index < -0.39 is 0 Å². The number of hydrogen-bond acceptors (Lipinski definition) is 3. The minimum Gasteiger partial charge on any atom is -0.496 e. The molecule has 2 rings (SSSR count). The number of aryl methyl sites for hydroxylation is 1. The molecule has 1 aromatic rings. The van der Waals surface area contributed by atoms with Crippen LogP contribution in [0, 0.1) is 13.8 Å². The zero-order valence-electron chi connectivity index (χ0n) is 10.5. The van der Waals surface area contributed by atoms with E-state index in [1.165, 1.54) is 0 Å². The van der Waals surface area contributed by atoms with Crippen LogP contribution >= 0.6 is 11.6 Å². The number of nitrogens with two attached hydrogens (primary N) is 2. The summed E-state index contributed by atoms with van der Waals surface area (Å²) >= 11 is 6.27. The summed E-state index contributed by atoms with van der Waals surface area (Å²) in [5.74, 6) is 0.786. The highest BCUT2D eigenvalue weighted by Gasteiger charge is 2.46. The van der Waals surface area contributed by atoms with Crippen LogP contribution in [0.25, 0.3) is 0 Å². The Morgan fingerprint density at radius 1 is 1.41 bits per heavy atom. The summed E-state index contributed by atoms with van der Waals surface area (Å²) in [6, 6.07) is 1.71. The topological polar surface area (TPSA) is 61.3 Å². The molecule has 4 heteroatoms. The lowest BCUT2D eigenvalue weighted by molar-refractivity contribution is 0.397. The minimum absolute atomic E-state index is 0.212. The van der Waals surface area contributed by atoms with Gasteiger partial charge in [0.2, 0.25) is 0 Å². The van der Waals surface area contributed by atoms with E-state index in [0.29, 0.717) is 0 Å². The fraction of sp³-hybridized carbons (Fsp3) is 0.538. The molecule has 1 saturated carbocycles. The molecule has 1 atom stereocenters. The highest BCUT2D eigenvalue weighted by Crippen LogP contribution is 2.46. The number of hydrogen-bond donors (Lipinski definition) is 2. The Balaban J connectivity index is 2.55. The van der Waals surface area contributed by atoms with Gasteiger partial charge in [-0.25, -0.2) is 0 Å². The van der Waals surface area contributed by atoms with Crippen molar-refractivity contribution in [3.63, 3.8) is 0 Å². The van der Waals surface area contributed by atoms with Crippen molar-refractivity contribution >= 4 is 11.6 Å². The molecular formula is C13H19ClN2O. The van der Waals surface area contributed by atoms with Crippen LogP contribution in [0.4, 0.5) is 0 Å². The molecule has 3 nitrogen and oxygen atoms in total. The molecule has 17 heavy (non-hydrogen) atoms. The Morgan fingerprint density at radius 2 is 2.00 bits per heavy atom. The molecule has 0 heterocycles. The summed E-state index contributed by atoms with van der Waals surface area (Å²) in [4.78, 5) is 0. The van der Waals surface area contributed by atoms with Gasteiger partial charge in [0.05, 0.1) is 13.2 Å². The normalized spacial score (nSPS) is 18.9. The average Bonchev–Trinajstić information content (AvgIpc) is 3.04. The minimum atomic E-state index is -0.281. The Bertz CT molecular complexity index is 455. The van der Waals surface area contributed by atoms with Crippen molar-refractivity contribution < 1.29 is 4.74 Å². The van der Waals surface area contributed by atoms with E-state index in [2.05, 4.69) is 0 Å². The van der Waals surface area contributed by atoms with E-state index in [0.717, 1.165) is 40.3 Å². The Kier molecular flexibility index (Phi) is 3.10. The molecule has 1 unspecified atom stereocenters. The van der Waals surface area contributed by atoms with Gasteiger partial charge in [0.25, 0.3) is 0 Å². The first kappa shape index (κ1) is 12.7. The molecule has 4 N–H and O–H groups in total. The SMILES string of the molecule is COc1cc(C)c(Cl)c(C)c1C(N)C1(N)CC1. The van der Waals surface area contributed by atoms with Crippen LogP contribution < -0.4 is 16.2 Å². The van der Waals surface area contributed by atoms with E-state index >= 15 is 0 Å². The van der Waals surface area contributed by atoms with Crippen molar-refractivity contribution in [1.29, 1.82) is 0 Å². The molecule has 0 aromatic heterocycles. The first-order valence-corrected chi connectivity index (χ1v) is 6.16. The standard InChI is InChI=1S/C13H19ClN2O/c1-7-6-9(17-3)10(8(2)11(7)14)12(15)13(16)4-5-13/h6,12H,4-5,15-16H2,1-3H3. The molecule has 0 amide bonds. The summed E-state index contributed by atoms with van der Waals surface area (Å²) in [5.41, 5.74) is 15.1. The Labute approximate surface area is 107 Å². The van der Waals surface area contributed by atoms with Crippen LogP contribution in [0.2, 0.25) is 5.02 Å². The maximum absolute atomic E-state index is 6.27. The van der Waals surface area contributed by atoms with Crippen LogP contribution in [-0.2, 0) is 0 Å². The average molecular weight is 255 g/mol. The van der Waals surface area contributed by atoms with Gasteiger partial charge < -0.3 is 16.2 Å². The van der Waals surface area contributed by atoms with Gasteiger partial charge in [-0.15, -0.1) is 0 Å². The van der Waals surface area contributed by atoms with Gasteiger partial charge in [-0.2, -0.15) is 0 Å². The van der Waals surface area contributed by atoms with E-state index in [1.807, 2.05) is 19.9 Å². The molecule has 1 aliphatic rings. The predicted octanol–water partition coefficient (Wildman–Crippen LogP) is 2.46. The summed E-state index contributed by atoms with van der Waals surface area (Å²) in [5, 5.41) is 0.750. The third-order valence-corrected chi connectivity index (χ3v) is 4.25. The van der Waals surface area contributed by atoms with Gasteiger partial charge in [-0.3, -0.25) is 0 Å². The lowest BCUT2D eigenvalue weighted by atomic mass is 9.92. The second-order valence-electron chi connectivity index (χ2n) is 4.96. The molecule has 0 bridgehead atoms. The molecule has 1 aliphatic carbocycles. The number of benzene rings is 1. The van der Waals surface area contributed by atoms with Crippen molar-refractivity contribution in [2.24, 2.45) is 11.5 Å². The van der Waals surface area contributed by atoms with Gasteiger partial charge >= 0.3 is 0 Å². The zero-order chi connectivity index (χ0) is 12.8. The monoisotopic (exact) mass is 254 g/mol. The second-order valence-corrected chi connectivity index (χ2v) is 5.34. The van der Waals surface area contributed by atoms with Crippen LogP contribution in [0.1, 0.15) is 35.6 Å². The number of ether oxygens (including phenoxy) is 1.